The van der Waals surface area contributed by atoms with E-state index in [-0.39, 0.29) is 11.3 Å². The number of carbonyl (C=O) groups is 1. The first-order valence-corrected chi connectivity index (χ1v) is 9.06. The van der Waals surface area contributed by atoms with Gasteiger partial charge in [0.1, 0.15) is 11.6 Å². The van der Waals surface area contributed by atoms with E-state index in [4.69, 9.17) is 4.74 Å². The summed E-state index contributed by atoms with van der Waals surface area (Å²) in [4.78, 5) is 32.5. The highest BCUT2D eigenvalue weighted by atomic mass is 32.2. The number of hydrogen-bond donors (Lipinski definition) is 3. The largest absolute Gasteiger partial charge is 0.508 e. The maximum atomic E-state index is 12.8. The fraction of sp³-hybridized carbons (Fsp3) is 0.278. The third kappa shape index (κ3) is 3.20. The minimum atomic E-state index is -0.692. The second-order valence-electron chi connectivity index (χ2n) is 5.75. The summed E-state index contributed by atoms with van der Waals surface area (Å²) in [5, 5.41) is 13.4. The summed E-state index contributed by atoms with van der Waals surface area (Å²) < 4.78 is 4.92. The minimum absolute atomic E-state index is 0.0481. The molecule has 3 rings (SSSR count). The lowest BCUT2D eigenvalue weighted by molar-refractivity contribution is -0.136. The SMILES string of the molecule is CCSc1nc2c(c(=O)[nH]1)C(c1cccc(O)c1)C(C(=O)OC)=C(C)N2. The Morgan fingerprint density at radius 2 is 2.19 bits per heavy atom. The molecule has 0 aliphatic carbocycles. The molecule has 1 aliphatic heterocycles. The molecule has 0 amide bonds. The van der Waals surface area contributed by atoms with Gasteiger partial charge in [-0.2, -0.15) is 0 Å². The number of thioether (sulfide) groups is 1. The molecule has 1 aromatic carbocycles. The molecule has 1 unspecified atom stereocenters. The molecule has 1 aromatic heterocycles. The summed E-state index contributed by atoms with van der Waals surface area (Å²) in [6.07, 6.45) is 0. The van der Waals surface area contributed by atoms with E-state index in [0.29, 0.717) is 33.4 Å². The topological polar surface area (TPSA) is 104 Å². The van der Waals surface area contributed by atoms with Gasteiger partial charge in [-0.05, 0) is 30.4 Å². The number of anilines is 1. The normalized spacial score (nSPS) is 16.0. The number of aromatic nitrogens is 2. The molecule has 0 fully saturated rings. The van der Waals surface area contributed by atoms with E-state index < -0.39 is 11.9 Å². The van der Waals surface area contributed by atoms with Crippen LogP contribution in [0.25, 0.3) is 0 Å². The van der Waals surface area contributed by atoms with Crippen LogP contribution >= 0.6 is 11.8 Å². The average molecular weight is 373 g/mol. The van der Waals surface area contributed by atoms with Crippen molar-refractivity contribution in [3.63, 3.8) is 0 Å². The lowest BCUT2D eigenvalue weighted by atomic mass is 9.82. The number of phenols is 1. The van der Waals surface area contributed by atoms with E-state index in [9.17, 15) is 14.7 Å². The summed E-state index contributed by atoms with van der Waals surface area (Å²) in [7, 11) is 1.29. The smallest absolute Gasteiger partial charge is 0.336 e. The Morgan fingerprint density at radius 1 is 1.42 bits per heavy atom. The van der Waals surface area contributed by atoms with Crippen molar-refractivity contribution in [1.82, 2.24) is 9.97 Å². The van der Waals surface area contributed by atoms with E-state index in [0.717, 1.165) is 5.75 Å². The van der Waals surface area contributed by atoms with Gasteiger partial charge in [0.05, 0.1) is 24.2 Å². The van der Waals surface area contributed by atoms with Crippen LogP contribution in [0.3, 0.4) is 0 Å². The Hall–Kier alpha value is -2.74. The molecule has 0 bridgehead atoms. The quantitative estimate of drug-likeness (QED) is 0.430. The summed E-state index contributed by atoms with van der Waals surface area (Å²) in [6, 6.07) is 6.48. The molecule has 136 valence electrons. The number of allylic oxidation sites excluding steroid dienone is 1. The molecule has 0 saturated heterocycles. The number of phenolic OH excluding ortho intramolecular Hbond substituents is 1. The monoisotopic (exact) mass is 373 g/mol. The predicted octanol–water partition coefficient (Wildman–Crippen LogP) is 2.59. The Balaban J connectivity index is 2.27. The van der Waals surface area contributed by atoms with Gasteiger partial charge in [0.2, 0.25) is 0 Å². The highest BCUT2D eigenvalue weighted by molar-refractivity contribution is 7.99. The zero-order chi connectivity index (χ0) is 18.8. The van der Waals surface area contributed by atoms with Crippen molar-refractivity contribution in [2.75, 3.05) is 18.2 Å². The van der Waals surface area contributed by atoms with Crippen LogP contribution in [0.2, 0.25) is 0 Å². The number of carbonyl (C=O) groups excluding carboxylic acids is 1. The first-order chi connectivity index (χ1) is 12.5. The molecule has 26 heavy (non-hydrogen) atoms. The molecule has 0 spiro atoms. The van der Waals surface area contributed by atoms with Crippen LogP contribution in [0.1, 0.15) is 30.9 Å². The van der Waals surface area contributed by atoms with E-state index in [1.807, 2.05) is 6.92 Å². The Morgan fingerprint density at radius 3 is 2.85 bits per heavy atom. The third-order valence-electron chi connectivity index (χ3n) is 4.11. The average Bonchev–Trinajstić information content (AvgIpc) is 2.60. The molecule has 1 atom stereocenters. The van der Waals surface area contributed by atoms with Gasteiger partial charge in [-0.25, -0.2) is 9.78 Å². The number of rotatable bonds is 4. The predicted molar refractivity (Wildman–Crippen MR) is 99.5 cm³/mol. The fourth-order valence-corrected chi connectivity index (χ4v) is 3.65. The standard InChI is InChI=1S/C18H19N3O4S/c1-4-26-18-20-15-14(16(23)21-18)13(10-6-5-7-11(22)8-10)12(9(2)19-15)17(24)25-3/h5-8,13,22H,4H2,1-3H3,(H2,19,20,21,23). The van der Waals surface area contributed by atoms with Gasteiger partial charge in [-0.15, -0.1) is 0 Å². The van der Waals surface area contributed by atoms with Crippen molar-refractivity contribution in [1.29, 1.82) is 0 Å². The number of nitrogens with one attached hydrogen (secondary N) is 2. The van der Waals surface area contributed by atoms with Crippen molar-refractivity contribution >= 4 is 23.5 Å². The van der Waals surface area contributed by atoms with Crippen molar-refractivity contribution in [2.24, 2.45) is 0 Å². The maximum absolute atomic E-state index is 12.8. The van der Waals surface area contributed by atoms with Crippen LogP contribution in [0, 0.1) is 0 Å². The molecule has 1 aliphatic rings. The number of hydrogen-bond acceptors (Lipinski definition) is 7. The third-order valence-corrected chi connectivity index (χ3v) is 4.87. The maximum Gasteiger partial charge on any atom is 0.336 e. The first-order valence-electron chi connectivity index (χ1n) is 8.08. The Kier molecular flexibility index (Phi) is 5.03. The van der Waals surface area contributed by atoms with Crippen LogP contribution in [-0.4, -0.2) is 33.9 Å². The number of aromatic hydroxyl groups is 1. The van der Waals surface area contributed by atoms with Gasteiger partial charge < -0.3 is 20.1 Å². The highest BCUT2D eigenvalue weighted by Crippen LogP contribution is 2.40. The van der Waals surface area contributed by atoms with Crippen molar-refractivity contribution in [3.05, 3.63) is 57.0 Å². The summed E-state index contributed by atoms with van der Waals surface area (Å²) in [5.74, 6) is -0.0155. The van der Waals surface area contributed by atoms with Crippen molar-refractivity contribution < 1.29 is 14.6 Å². The molecular formula is C18H19N3O4S. The number of nitrogens with zero attached hydrogens (tertiary/aromatic N) is 1. The van der Waals surface area contributed by atoms with Crippen LogP contribution in [-0.2, 0) is 9.53 Å². The first kappa shape index (κ1) is 18.1. The Labute approximate surface area is 154 Å². The number of ether oxygens (including phenoxy) is 1. The van der Waals surface area contributed by atoms with E-state index >= 15 is 0 Å². The molecule has 2 aromatic rings. The summed E-state index contributed by atoms with van der Waals surface area (Å²) in [6.45, 7) is 3.70. The van der Waals surface area contributed by atoms with Gasteiger partial charge in [-0.1, -0.05) is 30.8 Å². The summed E-state index contributed by atoms with van der Waals surface area (Å²) >= 11 is 1.42. The summed E-state index contributed by atoms with van der Waals surface area (Å²) in [5.41, 5.74) is 1.47. The second-order valence-corrected chi connectivity index (χ2v) is 7.00. The molecule has 2 heterocycles. The molecule has 0 radical (unpaired) electrons. The van der Waals surface area contributed by atoms with Crippen LogP contribution in [0.4, 0.5) is 5.82 Å². The van der Waals surface area contributed by atoms with E-state index in [2.05, 4.69) is 15.3 Å². The van der Waals surface area contributed by atoms with Gasteiger partial charge in [-0.3, -0.25) is 4.79 Å². The van der Waals surface area contributed by atoms with Gasteiger partial charge in [0.15, 0.2) is 5.16 Å². The van der Waals surface area contributed by atoms with Crippen LogP contribution < -0.4 is 10.9 Å². The van der Waals surface area contributed by atoms with Gasteiger partial charge in [0.25, 0.3) is 5.56 Å². The van der Waals surface area contributed by atoms with Gasteiger partial charge in [0, 0.05) is 5.70 Å². The van der Waals surface area contributed by atoms with Crippen molar-refractivity contribution in [3.8, 4) is 5.75 Å². The molecule has 7 nitrogen and oxygen atoms in total. The van der Waals surface area contributed by atoms with Crippen LogP contribution in [0.5, 0.6) is 5.75 Å². The highest BCUT2D eigenvalue weighted by Gasteiger charge is 2.36. The number of methoxy groups -OCH3 is 1. The number of aromatic amines is 1. The minimum Gasteiger partial charge on any atom is -0.508 e. The zero-order valence-electron chi connectivity index (χ0n) is 14.6. The number of fused-ring (bicyclic) bond motifs is 1. The lowest BCUT2D eigenvalue weighted by Crippen LogP contribution is -2.30. The van der Waals surface area contributed by atoms with Crippen molar-refractivity contribution in [2.45, 2.75) is 24.9 Å². The van der Waals surface area contributed by atoms with Gasteiger partial charge >= 0.3 is 5.97 Å². The lowest BCUT2D eigenvalue weighted by Gasteiger charge is -2.28. The molecular weight excluding hydrogens is 354 g/mol. The number of H-pyrrole nitrogens is 1. The molecule has 3 N–H and O–H groups in total. The fourth-order valence-electron chi connectivity index (χ4n) is 3.05. The molecule has 0 saturated carbocycles. The number of benzene rings is 1. The second kappa shape index (κ2) is 7.25. The van der Waals surface area contributed by atoms with Crippen LogP contribution in [0.15, 0.2) is 45.5 Å². The molecule has 8 heteroatoms. The Bertz CT molecular complexity index is 952. The van der Waals surface area contributed by atoms with E-state index in [1.165, 1.54) is 31.0 Å². The zero-order valence-corrected chi connectivity index (χ0v) is 15.4. The van der Waals surface area contributed by atoms with E-state index in [1.54, 1.807) is 19.1 Å². The number of esters is 1.